The van der Waals surface area contributed by atoms with Crippen molar-refractivity contribution in [3.8, 4) is 5.75 Å². The average Bonchev–Trinajstić information content (AvgIpc) is 2.29. The van der Waals surface area contributed by atoms with E-state index in [9.17, 15) is 28.1 Å². The molecular formula is C10H9F3N2O5. The molecule has 0 bridgehead atoms. The van der Waals surface area contributed by atoms with Gasteiger partial charge in [0.15, 0.2) is 5.56 Å². The highest BCUT2D eigenvalue weighted by Crippen LogP contribution is 2.35. The molecule has 7 nitrogen and oxygen atoms in total. The molecule has 1 heterocycles. The van der Waals surface area contributed by atoms with Crippen LogP contribution < -0.4 is 4.74 Å². The minimum absolute atomic E-state index is 0.0974. The van der Waals surface area contributed by atoms with Gasteiger partial charge in [-0.25, -0.2) is 4.79 Å². The fraction of sp³-hybridized carbons (Fsp3) is 0.400. The Labute approximate surface area is 110 Å². The lowest BCUT2D eigenvalue weighted by molar-refractivity contribution is -0.389. The van der Waals surface area contributed by atoms with Crippen LogP contribution >= 0.6 is 0 Å². The summed E-state index contributed by atoms with van der Waals surface area (Å²) in [4.78, 5) is 24.8. The number of halogens is 3. The Kier molecular flexibility index (Phi) is 4.48. The predicted molar refractivity (Wildman–Crippen MR) is 58.3 cm³/mol. The maximum atomic E-state index is 12.2. The molecule has 0 fully saturated rings. The van der Waals surface area contributed by atoms with Gasteiger partial charge < -0.3 is 9.47 Å². The van der Waals surface area contributed by atoms with Crippen LogP contribution in [0.15, 0.2) is 6.20 Å². The third-order valence-corrected chi connectivity index (χ3v) is 2.10. The lowest BCUT2D eigenvalue weighted by Crippen LogP contribution is -2.20. The van der Waals surface area contributed by atoms with Gasteiger partial charge in [0.05, 0.1) is 23.4 Å². The molecule has 0 spiro atoms. The smallest absolute Gasteiger partial charge is 0.462 e. The van der Waals surface area contributed by atoms with Crippen LogP contribution in [0.4, 0.5) is 18.9 Å². The fourth-order valence-corrected chi connectivity index (χ4v) is 1.40. The van der Waals surface area contributed by atoms with E-state index in [2.05, 4.69) is 14.5 Å². The highest BCUT2D eigenvalue weighted by molar-refractivity contribution is 5.96. The van der Waals surface area contributed by atoms with Crippen molar-refractivity contribution in [1.82, 2.24) is 4.98 Å². The van der Waals surface area contributed by atoms with Crippen molar-refractivity contribution in [2.24, 2.45) is 0 Å². The summed E-state index contributed by atoms with van der Waals surface area (Å²) in [6, 6.07) is 0. The first kappa shape index (κ1) is 15.7. The van der Waals surface area contributed by atoms with E-state index in [1.54, 1.807) is 0 Å². The molecule has 0 saturated carbocycles. The number of carbonyl (C=O) groups is 1. The van der Waals surface area contributed by atoms with Crippen LogP contribution in [-0.2, 0) is 4.74 Å². The SMILES string of the molecule is CCOC(=O)c1c(C)ncc(OC(F)(F)F)c1[N+](=O)[O-]. The minimum atomic E-state index is -5.15. The van der Waals surface area contributed by atoms with Crippen LogP contribution in [-0.4, -0.2) is 28.8 Å². The van der Waals surface area contributed by atoms with Crippen molar-refractivity contribution in [3.63, 3.8) is 0 Å². The van der Waals surface area contributed by atoms with Gasteiger partial charge >= 0.3 is 18.0 Å². The normalized spacial score (nSPS) is 11.1. The summed E-state index contributed by atoms with van der Waals surface area (Å²) in [7, 11) is 0. The predicted octanol–water partition coefficient (Wildman–Crippen LogP) is 2.37. The Morgan fingerprint density at radius 2 is 2.10 bits per heavy atom. The first-order valence-electron chi connectivity index (χ1n) is 5.24. The molecule has 0 aliphatic heterocycles. The van der Waals surface area contributed by atoms with Gasteiger partial charge in [-0.3, -0.25) is 15.1 Å². The zero-order chi connectivity index (χ0) is 15.5. The quantitative estimate of drug-likeness (QED) is 0.481. The number of rotatable bonds is 4. The number of ether oxygens (including phenoxy) is 2. The van der Waals surface area contributed by atoms with Crippen LogP contribution in [0.2, 0.25) is 0 Å². The number of aryl methyl sites for hydroxylation is 1. The molecule has 0 aromatic carbocycles. The molecule has 1 rings (SSSR count). The number of hydrogen-bond acceptors (Lipinski definition) is 6. The second kappa shape index (κ2) is 5.72. The molecule has 0 amide bonds. The van der Waals surface area contributed by atoms with Crippen LogP contribution in [0.3, 0.4) is 0 Å². The van der Waals surface area contributed by atoms with E-state index >= 15 is 0 Å². The van der Waals surface area contributed by atoms with Gasteiger partial charge in [-0.2, -0.15) is 0 Å². The van der Waals surface area contributed by atoms with Gasteiger partial charge in [0.2, 0.25) is 5.75 Å². The van der Waals surface area contributed by atoms with Crippen molar-refractivity contribution in [2.45, 2.75) is 20.2 Å². The number of esters is 1. The van der Waals surface area contributed by atoms with Crippen LogP contribution in [0.25, 0.3) is 0 Å². The largest absolute Gasteiger partial charge is 0.573 e. The van der Waals surface area contributed by atoms with Gasteiger partial charge in [0.1, 0.15) is 0 Å². The number of nitro groups is 1. The second-order valence-corrected chi connectivity index (χ2v) is 3.46. The molecule has 20 heavy (non-hydrogen) atoms. The monoisotopic (exact) mass is 294 g/mol. The van der Waals surface area contributed by atoms with E-state index in [4.69, 9.17) is 0 Å². The van der Waals surface area contributed by atoms with E-state index in [0.29, 0.717) is 6.20 Å². The summed E-state index contributed by atoms with van der Waals surface area (Å²) in [6.45, 7) is 2.58. The summed E-state index contributed by atoms with van der Waals surface area (Å²) in [5.74, 6) is -2.31. The number of carbonyl (C=O) groups excluding carboxylic acids is 1. The molecular weight excluding hydrogens is 285 g/mol. The third-order valence-electron chi connectivity index (χ3n) is 2.10. The molecule has 110 valence electrons. The number of alkyl halides is 3. The third kappa shape index (κ3) is 3.56. The summed E-state index contributed by atoms with van der Waals surface area (Å²) in [5.41, 5.74) is -1.93. The van der Waals surface area contributed by atoms with E-state index in [-0.39, 0.29) is 12.3 Å². The first-order chi connectivity index (χ1) is 9.17. The zero-order valence-corrected chi connectivity index (χ0v) is 10.4. The Bertz CT molecular complexity index is 544. The Morgan fingerprint density at radius 3 is 2.55 bits per heavy atom. The fourth-order valence-electron chi connectivity index (χ4n) is 1.40. The van der Waals surface area contributed by atoms with Crippen LogP contribution in [0, 0.1) is 17.0 Å². The Balaban J connectivity index is 3.45. The molecule has 0 aliphatic rings. The Hall–Kier alpha value is -2.39. The van der Waals surface area contributed by atoms with E-state index in [1.807, 2.05) is 0 Å². The zero-order valence-electron chi connectivity index (χ0n) is 10.4. The number of aromatic nitrogens is 1. The minimum Gasteiger partial charge on any atom is -0.462 e. The van der Waals surface area contributed by atoms with Crippen molar-refractivity contribution >= 4 is 11.7 Å². The van der Waals surface area contributed by atoms with Gasteiger partial charge in [0, 0.05) is 0 Å². The molecule has 0 unspecified atom stereocenters. The van der Waals surface area contributed by atoms with Gasteiger partial charge in [-0.15, -0.1) is 13.2 Å². The number of nitrogens with zero attached hydrogens (tertiary/aromatic N) is 2. The highest BCUT2D eigenvalue weighted by atomic mass is 19.4. The van der Waals surface area contributed by atoms with Gasteiger partial charge in [-0.1, -0.05) is 0 Å². The van der Waals surface area contributed by atoms with Crippen LogP contribution in [0.1, 0.15) is 23.0 Å². The van der Waals surface area contributed by atoms with E-state index < -0.39 is 34.3 Å². The van der Waals surface area contributed by atoms with E-state index in [0.717, 1.165) is 0 Å². The summed E-state index contributed by atoms with van der Waals surface area (Å²) in [6.07, 6.45) is -4.61. The molecule has 0 saturated heterocycles. The molecule has 10 heteroatoms. The van der Waals surface area contributed by atoms with Gasteiger partial charge in [-0.05, 0) is 13.8 Å². The molecule has 0 aliphatic carbocycles. The van der Waals surface area contributed by atoms with Crippen molar-refractivity contribution in [2.75, 3.05) is 6.61 Å². The molecule has 1 aromatic rings. The average molecular weight is 294 g/mol. The molecule has 0 radical (unpaired) electrons. The second-order valence-electron chi connectivity index (χ2n) is 3.46. The highest BCUT2D eigenvalue weighted by Gasteiger charge is 2.38. The van der Waals surface area contributed by atoms with Gasteiger partial charge in [0.25, 0.3) is 0 Å². The summed E-state index contributed by atoms with van der Waals surface area (Å²) < 4.78 is 44.6. The topological polar surface area (TPSA) is 91.6 Å². The maximum absolute atomic E-state index is 12.2. The Morgan fingerprint density at radius 1 is 1.50 bits per heavy atom. The van der Waals surface area contributed by atoms with Crippen molar-refractivity contribution < 1.29 is 32.4 Å². The number of pyridine rings is 1. The van der Waals surface area contributed by atoms with Crippen molar-refractivity contribution in [1.29, 1.82) is 0 Å². The van der Waals surface area contributed by atoms with Crippen molar-refractivity contribution in [3.05, 3.63) is 27.6 Å². The van der Waals surface area contributed by atoms with E-state index in [1.165, 1.54) is 13.8 Å². The lowest BCUT2D eigenvalue weighted by atomic mass is 10.1. The van der Waals surface area contributed by atoms with Crippen LogP contribution in [0.5, 0.6) is 5.75 Å². The lowest BCUT2D eigenvalue weighted by Gasteiger charge is -2.11. The first-order valence-corrected chi connectivity index (χ1v) is 5.24. The standard InChI is InChI=1S/C10H9F3N2O5/c1-3-19-9(16)7-5(2)14-4-6(8(7)15(17)18)20-10(11,12)13/h4H,3H2,1-2H3. The number of hydrogen-bond donors (Lipinski definition) is 0. The summed E-state index contributed by atoms with van der Waals surface area (Å²) >= 11 is 0. The molecule has 0 atom stereocenters. The maximum Gasteiger partial charge on any atom is 0.573 e. The molecule has 1 aromatic heterocycles. The summed E-state index contributed by atoms with van der Waals surface area (Å²) in [5, 5.41) is 10.9. The molecule has 0 N–H and O–H groups in total.